The number of hydrogen-bond donors (Lipinski definition) is 1. The summed E-state index contributed by atoms with van der Waals surface area (Å²) in [5.41, 5.74) is 1.75. The van der Waals surface area contributed by atoms with E-state index in [1.54, 1.807) is 18.2 Å². The van der Waals surface area contributed by atoms with Crippen molar-refractivity contribution < 1.29 is 14.3 Å². The van der Waals surface area contributed by atoms with Crippen LogP contribution in [0.4, 0.5) is 11.8 Å². The van der Waals surface area contributed by atoms with Crippen LogP contribution in [-0.2, 0) is 11.2 Å². The van der Waals surface area contributed by atoms with Crippen LogP contribution in [-0.4, -0.2) is 72.8 Å². The molecule has 4 rings (SSSR count). The van der Waals surface area contributed by atoms with E-state index in [4.69, 9.17) is 9.47 Å². The van der Waals surface area contributed by atoms with E-state index in [1.807, 2.05) is 31.2 Å². The lowest BCUT2D eigenvalue weighted by molar-refractivity contribution is 0.0983. The van der Waals surface area contributed by atoms with Crippen LogP contribution in [0.1, 0.15) is 55.5 Å². The van der Waals surface area contributed by atoms with E-state index in [-0.39, 0.29) is 11.9 Å². The first kappa shape index (κ1) is 24.4. The molecule has 1 aromatic heterocycles. The first-order valence-electron chi connectivity index (χ1n) is 12.5. The predicted molar refractivity (Wildman–Crippen MR) is 134 cm³/mol. The molecule has 1 unspecified atom stereocenters. The summed E-state index contributed by atoms with van der Waals surface area (Å²) in [6.07, 6.45) is 7.24. The number of carbonyl (C=O) groups is 1. The Morgan fingerprint density at radius 2 is 2.24 bits per heavy atom. The van der Waals surface area contributed by atoms with Crippen molar-refractivity contribution in [2.24, 2.45) is 0 Å². The summed E-state index contributed by atoms with van der Waals surface area (Å²) in [4.78, 5) is 27.1. The number of aromatic nitrogens is 2. The average Bonchev–Trinajstić information content (AvgIpc) is 3.31. The molecule has 0 aliphatic carbocycles. The highest BCUT2D eigenvalue weighted by Crippen LogP contribution is 2.27. The smallest absolute Gasteiger partial charge is 0.259 e. The van der Waals surface area contributed by atoms with Crippen molar-refractivity contribution in [3.63, 3.8) is 0 Å². The fourth-order valence-electron chi connectivity index (χ4n) is 4.80. The molecule has 8 heteroatoms. The molecule has 1 aromatic carbocycles. The Morgan fingerprint density at radius 3 is 3.06 bits per heavy atom. The molecule has 8 nitrogen and oxygen atoms in total. The van der Waals surface area contributed by atoms with Gasteiger partial charge >= 0.3 is 0 Å². The molecule has 0 radical (unpaired) electrons. The Kier molecular flexibility index (Phi) is 8.34. The number of carbonyl (C=O) groups excluding carboxylic acids is 1. The predicted octanol–water partition coefficient (Wildman–Crippen LogP) is 3.77. The number of benzene rings is 1. The van der Waals surface area contributed by atoms with Gasteiger partial charge in [-0.1, -0.05) is 6.42 Å². The van der Waals surface area contributed by atoms with Crippen LogP contribution in [0, 0.1) is 0 Å². The zero-order valence-electron chi connectivity index (χ0n) is 20.6. The molecular weight excluding hydrogens is 430 g/mol. The number of likely N-dealkylation sites (tertiary alicyclic amines) is 1. The van der Waals surface area contributed by atoms with Gasteiger partial charge in [-0.3, -0.25) is 9.69 Å². The number of fused-ring (bicyclic) bond motifs is 1. The fourth-order valence-corrected chi connectivity index (χ4v) is 4.80. The van der Waals surface area contributed by atoms with Gasteiger partial charge in [-0.25, -0.2) is 4.98 Å². The zero-order chi connectivity index (χ0) is 23.9. The van der Waals surface area contributed by atoms with Crippen molar-refractivity contribution in [2.45, 2.75) is 58.0 Å². The largest absolute Gasteiger partial charge is 0.493 e. The van der Waals surface area contributed by atoms with Crippen molar-refractivity contribution in [1.29, 1.82) is 0 Å². The molecule has 0 spiro atoms. The van der Waals surface area contributed by atoms with Gasteiger partial charge in [-0.15, -0.1) is 0 Å². The minimum absolute atomic E-state index is 0.0454. The third kappa shape index (κ3) is 6.04. The van der Waals surface area contributed by atoms with Crippen LogP contribution in [0.5, 0.6) is 5.75 Å². The number of hydrogen-bond acceptors (Lipinski definition) is 7. The van der Waals surface area contributed by atoms with Gasteiger partial charge in [-0.2, -0.15) is 4.98 Å². The average molecular weight is 468 g/mol. The summed E-state index contributed by atoms with van der Waals surface area (Å²) in [6.45, 7) is 8.24. The number of ether oxygens (including phenoxy) is 2. The van der Waals surface area contributed by atoms with Gasteiger partial charge in [0.05, 0.1) is 13.2 Å². The van der Waals surface area contributed by atoms with Gasteiger partial charge in [-0.05, 0) is 69.5 Å². The van der Waals surface area contributed by atoms with Crippen LogP contribution in [0.3, 0.4) is 0 Å². The normalized spacial score (nSPS) is 18.7. The van der Waals surface area contributed by atoms with E-state index in [0.717, 1.165) is 37.2 Å². The van der Waals surface area contributed by atoms with E-state index in [9.17, 15) is 4.79 Å². The highest BCUT2D eigenvalue weighted by Gasteiger charge is 2.24. The lowest BCUT2D eigenvalue weighted by atomic mass is 10.0. The molecule has 1 fully saturated rings. The Balaban J connectivity index is 1.53. The summed E-state index contributed by atoms with van der Waals surface area (Å²) >= 11 is 0. The highest BCUT2D eigenvalue weighted by molar-refractivity contribution is 6.05. The highest BCUT2D eigenvalue weighted by atomic mass is 16.5. The van der Waals surface area contributed by atoms with E-state index < -0.39 is 0 Å². The number of nitrogens with zero attached hydrogens (tertiary/aromatic N) is 4. The van der Waals surface area contributed by atoms with Gasteiger partial charge in [0.25, 0.3) is 5.91 Å². The number of piperidine rings is 1. The molecule has 2 aliphatic heterocycles. The molecule has 2 atom stereocenters. The number of rotatable bonds is 10. The maximum absolute atomic E-state index is 13.7. The van der Waals surface area contributed by atoms with Crippen LogP contribution >= 0.6 is 0 Å². The summed E-state index contributed by atoms with van der Waals surface area (Å²) in [6, 6.07) is 8.19. The summed E-state index contributed by atoms with van der Waals surface area (Å²) < 4.78 is 10.8. The number of amides is 1. The van der Waals surface area contributed by atoms with Crippen molar-refractivity contribution in [3.8, 4) is 5.75 Å². The molecule has 2 aliphatic rings. The molecule has 0 saturated carbocycles. The maximum Gasteiger partial charge on any atom is 0.259 e. The Morgan fingerprint density at radius 1 is 1.35 bits per heavy atom. The number of anilines is 2. The summed E-state index contributed by atoms with van der Waals surface area (Å²) in [5, 5.41) is 3.25. The molecule has 3 heterocycles. The minimum Gasteiger partial charge on any atom is -0.493 e. The zero-order valence-corrected chi connectivity index (χ0v) is 20.6. The Hall–Kier alpha value is -2.71. The first-order chi connectivity index (χ1) is 16.5. The summed E-state index contributed by atoms with van der Waals surface area (Å²) in [5.74, 6) is 1.93. The first-order valence-corrected chi connectivity index (χ1v) is 12.5. The molecule has 34 heavy (non-hydrogen) atoms. The van der Waals surface area contributed by atoms with Gasteiger partial charge in [0.1, 0.15) is 11.6 Å². The van der Waals surface area contributed by atoms with Crippen molar-refractivity contribution in [3.05, 3.63) is 41.6 Å². The molecule has 1 amide bonds. The van der Waals surface area contributed by atoms with Crippen LogP contribution < -0.4 is 15.0 Å². The van der Waals surface area contributed by atoms with Crippen LogP contribution in [0.2, 0.25) is 0 Å². The van der Waals surface area contributed by atoms with Crippen LogP contribution in [0.15, 0.2) is 30.5 Å². The number of nitrogens with one attached hydrogen (secondary N) is 1. The van der Waals surface area contributed by atoms with Crippen molar-refractivity contribution in [1.82, 2.24) is 14.9 Å². The van der Waals surface area contributed by atoms with Crippen molar-refractivity contribution in [2.75, 3.05) is 50.2 Å². The van der Waals surface area contributed by atoms with E-state index in [2.05, 4.69) is 27.1 Å². The number of methoxy groups -OCH3 is 1. The Bertz CT molecular complexity index is 969. The van der Waals surface area contributed by atoms with E-state index in [0.29, 0.717) is 43.1 Å². The third-order valence-corrected chi connectivity index (χ3v) is 6.66. The standard InChI is InChI=1S/C26H37N5O3/c1-19(18-33-3)28-26-27-12-10-24(29-26)31(15-6-14-30-13-5-4-7-20(30)2)25(32)22-8-9-23-21(17-22)11-16-34-23/h8-10,12,17,19-20H,4-7,11,13-16,18H2,1-3H3,(H,27,28,29)/t19-,20?/m0/s1. The quantitative estimate of drug-likeness (QED) is 0.570. The molecule has 0 bridgehead atoms. The third-order valence-electron chi connectivity index (χ3n) is 6.66. The second-order valence-corrected chi connectivity index (χ2v) is 9.35. The maximum atomic E-state index is 13.7. The molecule has 1 N–H and O–H groups in total. The SMILES string of the molecule is COC[C@H](C)Nc1nccc(N(CCCN2CCCCC2C)C(=O)c2ccc3c(c2)CCO3)n1. The van der Waals surface area contributed by atoms with Crippen LogP contribution in [0.25, 0.3) is 0 Å². The summed E-state index contributed by atoms with van der Waals surface area (Å²) in [7, 11) is 1.67. The van der Waals surface area contributed by atoms with Gasteiger partial charge in [0, 0.05) is 50.5 Å². The van der Waals surface area contributed by atoms with E-state index in [1.165, 1.54) is 19.3 Å². The van der Waals surface area contributed by atoms with Gasteiger partial charge in [0.2, 0.25) is 5.95 Å². The fraction of sp³-hybridized carbons (Fsp3) is 0.577. The molecule has 1 saturated heterocycles. The lowest BCUT2D eigenvalue weighted by Crippen LogP contribution is -2.40. The van der Waals surface area contributed by atoms with Gasteiger partial charge in [0.15, 0.2) is 0 Å². The van der Waals surface area contributed by atoms with Gasteiger partial charge < -0.3 is 19.7 Å². The Labute approximate surface area is 202 Å². The second kappa shape index (κ2) is 11.6. The molecule has 2 aromatic rings. The topological polar surface area (TPSA) is 79.8 Å². The van der Waals surface area contributed by atoms with E-state index >= 15 is 0 Å². The van der Waals surface area contributed by atoms with Crippen molar-refractivity contribution >= 4 is 17.7 Å². The lowest BCUT2D eigenvalue weighted by Gasteiger charge is -2.34. The second-order valence-electron chi connectivity index (χ2n) is 9.35. The monoisotopic (exact) mass is 467 g/mol. The molecular formula is C26H37N5O3. The molecule has 184 valence electrons. The minimum atomic E-state index is -0.0454.